The summed E-state index contributed by atoms with van der Waals surface area (Å²) >= 11 is 0. The highest BCUT2D eigenvalue weighted by Gasteiger charge is 2.24. The number of aryl methyl sites for hydroxylation is 1. The van der Waals surface area contributed by atoms with Gasteiger partial charge in [-0.2, -0.15) is 0 Å². The molecule has 35 heavy (non-hydrogen) atoms. The van der Waals surface area contributed by atoms with E-state index in [-0.39, 0.29) is 23.7 Å². The van der Waals surface area contributed by atoms with Crippen LogP contribution in [0.15, 0.2) is 42.6 Å². The van der Waals surface area contributed by atoms with Gasteiger partial charge in [0.05, 0.1) is 17.6 Å². The van der Waals surface area contributed by atoms with Crippen molar-refractivity contribution < 1.29 is 9.59 Å². The van der Waals surface area contributed by atoms with E-state index in [0.29, 0.717) is 23.6 Å². The molecule has 9 heteroatoms. The van der Waals surface area contributed by atoms with E-state index in [9.17, 15) is 9.59 Å². The molecule has 3 aromatic rings. The number of primary amides is 1. The first-order chi connectivity index (χ1) is 16.9. The molecule has 0 spiro atoms. The normalized spacial score (nSPS) is 19.1. The summed E-state index contributed by atoms with van der Waals surface area (Å²) in [6.45, 7) is 2.42. The van der Waals surface area contributed by atoms with Crippen LogP contribution < -0.4 is 27.4 Å². The zero-order valence-electron chi connectivity index (χ0n) is 19.6. The summed E-state index contributed by atoms with van der Waals surface area (Å²) in [5, 5.41) is 9.54. The van der Waals surface area contributed by atoms with E-state index < -0.39 is 5.91 Å². The molecule has 1 aromatic carbocycles. The van der Waals surface area contributed by atoms with Crippen molar-refractivity contribution in [2.45, 2.75) is 51.2 Å². The number of carbonyl (C=O) groups excluding carboxylic acids is 2. The molecule has 3 heterocycles. The third-order valence-corrected chi connectivity index (χ3v) is 6.78. The largest absolute Gasteiger partial charge is 0.379 e. The molecule has 1 fully saturated rings. The fourth-order valence-electron chi connectivity index (χ4n) is 4.95. The highest BCUT2D eigenvalue weighted by Crippen LogP contribution is 2.32. The van der Waals surface area contributed by atoms with Gasteiger partial charge in [0.1, 0.15) is 5.82 Å². The van der Waals surface area contributed by atoms with Crippen molar-refractivity contribution in [2.75, 3.05) is 10.6 Å². The fourth-order valence-corrected chi connectivity index (χ4v) is 4.95. The molecular formula is C26H29N7O2. The van der Waals surface area contributed by atoms with E-state index in [0.717, 1.165) is 53.8 Å². The lowest BCUT2D eigenvalue weighted by Gasteiger charge is -2.30. The molecule has 2 aromatic heterocycles. The molecule has 9 nitrogen and oxygen atoms in total. The Labute approximate surface area is 203 Å². The molecule has 1 aliphatic carbocycles. The smallest absolute Gasteiger partial charge is 0.269 e. The van der Waals surface area contributed by atoms with Crippen LogP contribution in [0.3, 0.4) is 0 Å². The van der Waals surface area contributed by atoms with E-state index >= 15 is 0 Å². The average Bonchev–Trinajstić information content (AvgIpc) is 3.22. The van der Waals surface area contributed by atoms with E-state index in [4.69, 9.17) is 16.5 Å². The van der Waals surface area contributed by atoms with Crippen LogP contribution in [0.25, 0.3) is 11.1 Å². The van der Waals surface area contributed by atoms with Crippen molar-refractivity contribution in [2.24, 2.45) is 11.5 Å². The minimum absolute atomic E-state index is 0.0556. The maximum Gasteiger partial charge on any atom is 0.269 e. The number of carbonyl (C=O) groups is 2. The Balaban J connectivity index is 1.42. The Hall–Kier alpha value is -3.98. The van der Waals surface area contributed by atoms with Crippen LogP contribution in [0.5, 0.6) is 0 Å². The van der Waals surface area contributed by atoms with Gasteiger partial charge in [-0.05, 0) is 55.2 Å². The van der Waals surface area contributed by atoms with Gasteiger partial charge < -0.3 is 27.4 Å². The maximum absolute atomic E-state index is 12.1. The second kappa shape index (κ2) is 9.34. The summed E-state index contributed by atoms with van der Waals surface area (Å²) in [7, 11) is 0. The van der Waals surface area contributed by atoms with Crippen LogP contribution in [-0.4, -0.2) is 33.9 Å². The van der Waals surface area contributed by atoms with E-state index in [1.807, 2.05) is 43.3 Å². The van der Waals surface area contributed by atoms with Crippen LogP contribution in [0.2, 0.25) is 0 Å². The van der Waals surface area contributed by atoms with Gasteiger partial charge in [-0.15, -0.1) is 0 Å². The lowest BCUT2D eigenvalue weighted by molar-refractivity contribution is 0.0963. The minimum Gasteiger partial charge on any atom is -0.379 e. The summed E-state index contributed by atoms with van der Waals surface area (Å²) in [6.07, 6.45) is 5.87. The van der Waals surface area contributed by atoms with Crippen LogP contribution >= 0.6 is 0 Å². The number of benzene rings is 1. The Morgan fingerprint density at radius 2 is 1.91 bits per heavy atom. The maximum atomic E-state index is 12.1. The standard InChI is InChI=1S/C26H29N7O2/c1-14-16(17-5-4-6-18-19(17)13-30-26(18)35)9-10-23(31-14)33-22-11-15(12-29-24(22)25(28)34)32-21-8-3-2-7-20(21)27/h4-6,9-12,20-21,32H,2-3,7-8,13,27H2,1H3,(H2,28,34)(H,30,35)(H,31,33)/t20-,21+/m0/s1. The number of hydrogen-bond acceptors (Lipinski definition) is 7. The molecule has 2 aliphatic rings. The van der Waals surface area contributed by atoms with Crippen molar-refractivity contribution in [1.29, 1.82) is 0 Å². The van der Waals surface area contributed by atoms with Crippen LogP contribution in [0.1, 0.15) is 57.8 Å². The van der Waals surface area contributed by atoms with Gasteiger partial charge in [0.25, 0.3) is 11.8 Å². The first-order valence-corrected chi connectivity index (χ1v) is 11.9. The van der Waals surface area contributed by atoms with Crippen molar-refractivity contribution >= 4 is 29.0 Å². The molecule has 2 atom stereocenters. The monoisotopic (exact) mass is 471 g/mol. The summed E-state index contributed by atoms with van der Waals surface area (Å²) in [5.41, 5.74) is 17.6. The molecule has 0 unspecified atom stereocenters. The highest BCUT2D eigenvalue weighted by atomic mass is 16.2. The predicted octanol–water partition coefficient (Wildman–Crippen LogP) is 3.22. The molecule has 7 N–H and O–H groups in total. The average molecular weight is 472 g/mol. The lowest BCUT2D eigenvalue weighted by Crippen LogP contribution is -2.42. The second-order valence-electron chi connectivity index (χ2n) is 9.15. The molecule has 5 rings (SSSR count). The zero-order valence-corrected chi connectivity index (χ0v) is 19.6. The molecule has 0 saturated heterocycles. The second-order valence-corrected chi connectivity index (χ2v) is 9.15. The molecule has 180 valence electrons. The summed E-state index contributed by atoms with van der Waals surface area (Å²) < 4.78 is 0. The number of pyridine rings is 2. The number of hydrogen-bond donors (Lipinski definition) is 5. The molecular weight excluding hydrogens is 442 g/mol. The molecule has 1 saturated carbocycles. The molecule has 2 amide bonds. The quantitative estimate of drug-likeness (QED) is 0.371. The van der Waals surface area contributed by atoms with E-state index in [2.05, 4.69) is 20.9 Å². The number of nitrogens with one attached hydrogen (secondary N) is 3. The fraction of sp³-hybridized carbons (Fsp3) is 0.308. The van der Waals surface area contributed by atoms with Crippen LogP contribution in [0, 0.1) is 6.92 Å². The summed E-state index contributed by atoms with van der Waals surface area (Å²) in [4.78, 5) is 33.1. The Morgan fingerprint density at radius 1 is 1.11 bits per heavy atom. The van der Waals surface area contributed by atoms with Gasteiger partial charge >= 0.3 is 0 Å². The van der Waals surface area contributed by atoms with E-state index in [1.54, 1.807) is 6.20 Å². The van der Waals surface area contributed by atoms with Crippen LogP contribution in [0.4, 0.5) is 17.2 Å². The highest BCUT2D eigenvalue weighted by molar-refractivity contribution is 6.00. The number of nitrogens with zero attached hydrogens (tertiary/aromatic N) is 2. The minimum atomic E-state index is -0.626. The third kappa shape index (κ3) is 4.54. The number of anilines is 3. The molecule has 1 aliphatic heterocycles. The number of fused-ring (bicyclic) bond motifs is 1. The van der Waals surface area contributed by atoms with Gasteiger partial charge in [0.2, 0.25) is 0 Å². The number of rotatable bonds is 6. The number of nitrogens with two attached hydrogens (primary N) is 2. The first kappa shape index (κ1) is 22.8. The van der Waals surface area contributed by atoms with Crippen molar-refractivity contribution in [3.05, 3.63) is 65.1 Å². The van der Waals surface area contributed by atoms with Gasteiger partial charge in [0, 0.05) is 35.4 Å². The van der Waals surface area contributed by atoms with Crippen molar-refractivity contribution in [3.8, 4) is 11.1 Å². The van der Waals surface area contributed by atoms with Gasteiger partial charge in [-0.25, -0.2) is 9.97 Å². The lowest BCUT2D eigenvalue weighted by atomic mass is 9.91. The van der Waals surface area contributed by atoms with Gasteiger partial charge in [-0.1, -0.05) is 25.0 Å². The SMILES string of the molecule is Cc1nc(Nc2cc(N[C@@H]3CCCC[C@@H]3N)cnc2C(N)=O)ccc1-c1cccc2c1CNC2=O. The van der Waals surface area contributed by atoms with Crippen molar-refractivity contribution in [3.63, 3.8) is 0 Å². The molecule has 0 bridgehead atoms. The van der Waals surface area contributed by atoms with E-state index in [1.165, 1.54) is 0 Å². The predicted molar refractivity (Wildman–Crippen MR) is 135 cm³/mol. The molecule has 0 radical (unpaired) electrons. The zero-order chi connectivity index (χ0) is 24.5. The number of amides is 2. The van der Waals surface area contributed by atoms with Crippen LogP contribution in [-0.2, 0) is 6.54 Å². The third-order valence-electron chi connectivity index (χ3n) is 6.78. The van der Waals surface area contributed by atoms with Crippen molar-refractivity contribution in [1.82, 2.24) is 15.3 Å². The summed E-state index contributed by atoms with van der Waals surface area (Å²) in [5.74, 6) is -0.123. The Kier molecular flexibility index (Phi) is 6.08. The van der Waals surface area contributed by atoms with Gasteiger partial charge in [-0.3, -0.25) is 9.59 Å². The first-order valence-electron chi connectivity index (χ1n) is 11.9. The Morgan fingerprint density at radius 3 is 2.69 bits per heavy atom. The van der Waals surface area contributed by atoms with Gasteiger partial charge in [0.15, 0.2) is 5.69 Å². The summed E-state index contributed by atoms with van der Waals surface area (Å²) in [6, 6.07) is 11.6. The Bertz CT molecular complexity index is 1310. The number of aromatic nitrogens is 2. The topological polar surface area (TPSA) is 148 Å².